The second kappa shape index (κ2) is 11.8. The second-order valence-electron chi connectivity index (χ2n) is 11.7. The van der Waals surface area contributed by atoms with Gasteiger partial charge < -0.3 is 29.7 Å². The molecule has 0 aliphatic carbocycles. The summed E-state index contributed by atoms with van der Waals surface area (Å²) in [6, 6.07) is 10.4. The van der Waals surface area contributed by atoms with Gasteiger partial charge in [-0.3, -0.25) is 4.79 Å². The Morgan fingerprint density at radius 3 is 2.56 bits per heavy atom. The average Bonchev–Trinajstić information content (AvgIpc) is 3.72. The molecule has 45 heavy (non-hydrogen) atoms. The van der Waals surface area contributed by atoms with Crippen molar-refractivity contribution in [1.82, 2.24) is 23.7 Å². The number of ether oxygens (including phenoxy) is 1. The molecule has 4 aromatic rings. The van der Waals surface area contributed by atoms with Crippen LogP contribution in [0.15, 0.2) is 66.3 Å². The number of hydrogen-bond acceptors (Lipinski definition) is 9. The zero-order valence-electron chi connectivity index (χ0n) is 28.6. The van der Waals surface area contributed by atoms with E-state index in [-0.39, 0.29) is 22.4 Å². The number of aromatic nitrogens is 3. The lowest BCUT2D eigenvalue weighted by atomic mass is 10.0. The molecular formula is C32H38N8O4S. The lowest BCUT2D eigenvalue weighted by Gasteiger charge is -2.26. The van der Waals surface area contributed by atoms with E-state index in [1.807, 2.05) is 6.07 Å². The van der Waals surface area contributed by atoms with Crippen molar-refractivity contribution < 1.29 is 22.1 Å². The van der Waals surface area contributed by atoms with Gasteiger partial charge in [0.1, 0.15) is 10.6 Å². The summed E-state index contributed by atoms with van der Waals surface area (Å²) < 4.78 is 59.2. The molecule has 1 amide bonds. The summed E-state index contributed by atoms with van der Waals surface area (Å²) in [7, 11) is 2.39. The number of benzene rings is 2. The molecule has 0 saturated carbocycles. The van der Waals surface area contributed by atoms with Crippen molar-refractivity contribution in [3.8, 4) is 17.0 Å². The molecule has 2 aromatic heterocycles. The summed E-state index contributed by atoms with van der Waals surface area (Å²) in [6.45, 7) is 4.76. The second-order valence-corrected chi connectivity index (χ2v) is 13.8. The summed E-state index contributed by atoms with van der Waals surface area (Å²) in [4.78, 5) is 26.0. The standard InChI is InChI=1S/C32H38N8O4S/c1-7-30(41)34-24-12-25(28(44-6)13-27(24)40-17-20-15-38(4)16-21(20)18-40)35-32-33-14-29(45(42,43)37(2)3)31(36-32)23-19-39(5)26-11-9-8-10-22(23)26/h7-14,19-21H,1,15-18H2,2-6H3,(H,34,41)(H,33,35,36)/t20-,21+/i5D3. The maximum Gasteiger partial charge on any atom is 0.247 e. The van der Waals surface area contributed by atoms with Crippen LogP contribution in [-0.2, 0) is 21.8 Å². The number of hydrogen-bond donors (Lipinski definition) is 2. The molecule has 2 fully saturated rings. The molecule has 6 rings (SSSR count). The lowest BCUT2D eigenvalue weighted by Crippen LogP contribution is -2.27. The van der Waals surface area contributed by atoms with Crippen LogP contribution in [0.2, 0.25) is 0 Å². The fourth-order valence-corrected chi connectivity index (χ4v) is 7.28. The number of rotatable bonds is 9. The van der Waals surface area contributed by atoms with Crippen molar-refractivity contribution in [3.05, 3.63) is 61.4 Å². The molecule has 0 bridgehead atoms. The summed E-state index contributed by atoms with van der Waals surface area (Å²) in [5.74, 6) is 1.13. The lowest BCUT2D eigenvalue weighted by molar-refractivity contribution is -0.111. The number of likely N-dealkylation sites (tertiary alicyclic amines) is 1. The molecule has 2 aliphatic rings. The molecule has 12 nitrogen and oxygen atoms in total. The molecule has 2 aromatic carbocycles. The van der Waals surface area contributed by atoms with Crippen LogP contribution < -0.4 is 20.3 Å². The van der Waals surface area contributed by atoms with Crippen LogP contribution in [0.5, 0.6) is 5.75 Å². The van der Waals surface area contributed by atoms with E-state index in [2.05, 4.69) is 44.0 Å². The number of sulfonamides is 1. The molecule has 2 N–H and O–H groups in total. The van der Waals surface area contributed by atoms with Crippen molar-refractivity contribution in [2.24, 2.45) is 18.8 Å². The number of para-hydroxylation sites is 1. The maximum absolute atomic E-state index is 13.5. The van der Waals surface area contributed by atoms with Crippen molar-refractivity contribution >= 4 is 49.8 Å². The molecule has 0 radical (unpaired) electrons. The molecule has 2 saturated heterocycles. The summed E-state index contributed by atoms with van der Waals surface area (Å²) in [6.07, 6.45) is 3.78. The van der Waals surface area contributed by atoms with E-state index in [0.29, 0.717) is 45.4 Å². The van der Waals surface area contributed by atoms with Gasteiger partial charge in [0.05, 0.1) is 36.1 Å². The fraction of sp³-hybridized carbons (Fsp3) is 0.344. The van der Waals surface area contributed by atoms with Crippen LogP contribution in [0.1, 0.15) is 4.11 Å². The van der Waals surface area contributed by atoms with E-state index in [1.54, 1.807) is 30.3 Å². The van der Waals surface area contributed by atoms with E-state index in [1.165, 1.54) is 39.7 Å². The maximum atomic E-state index is 13.5. The van der Waals surface area contributed by atoms with Gasteiger partial charge in [-0.1, -0.05) is 24.8 Å². The first-order chi connectivity index (χ1) is 22.7. The van der Waals surface area contributed by atoms with Gasteiger partial charge in [-0.25, -0.2) is 22.7 Å². The van der Waals surface area contributed by atoms with Crippen LogP contribution in [0, 0.1) is 11.8 Å². The average molecular weight is 634 g/mol. The predicted molar refractivity (Wildman–Crippen MR) is 177 cm³/mol. The van der Waals surface area contributed by atoms with Crippen molar-refractivity contribution in [2.45, 2.75) is 4.90 Å². The molecule has 4 heterocycles. The van der Waals surface area contributed by atoms with E-state index in [4.69, 9.17) is 8.85 Å². The van der Waals surface area contributed by atoms with Crippen LogP contribution in [0.4, 0.5) is 23.0 Å². The topological polar surface area (TPSA) is 125 Å². The van der Waals surface area contributed by atoms with Gasteiger partial charge in [0.2, 0.25) is 21.9 Å². The molecule has 2 atom stereocenters. The minimum Gasteiger partial charge on any atom is -0.494 e. The van der Waals surface area contributed by atoms with Gasteiger partial charge in [-0.05, 0) is 37.1 Å². The number of fused-ring (bicyclic) bond motifs is 2. The van der Waals surface area contributed by atoms with Crippen molar-refractivity contribution in [2.75, 3.05) is 70.0 Å². The minimum absolute atomic E-state index is 0.0183. The largest absolute Gasteiger partial charge is 0.494 e. The summed E-state index contributed by atoms with van der Waals surface area (Å²) >= 11 is 0. The monoisotopic (exact) mass is 633 g/mol. The number of carbonyl (C=O) groups is 1. The number of nitrogens with zero attached hydrogens (tertiary/aromatic N) is 6. The fourth-order valence-electron chi connectivity index (χ4n) is 6.30. The Morgan fingerprint density at radius 1 is 1.16 bits per heavy atom. The highest BCUT2D eigenvalue weighted by molar-refractivity contribution is 7.89. The Labute approximate surface area is 267 Å². The number of aryl methyl sites for hydroxylation is 1. The highest BCUT2D eigenvalue weighted by Crippen LogP contribution is 2.42. The van der Waals surface area contributed by atoms with Gasteiger partial charge in [0, 0.05) is 80.1 Å². The van der Waals surface area contributed by atoms with Crippen molar-refractivity contribution in [3.63, 3.8) is 0 Å². The van der Waals surface area contributed by atoms with Gasteiger partial charge in [0.15, 0.2) is 0 Å². The van der Waals surface area contributed by atoms with E-state index < -0.39 is 17.0 Å². The van der Waals surface area contributed by atoms with Crippen LogP contribution >= 0.6 is 0 Å². The summed E-state index contributed by atoms with van der Waals surface area (Å²) in [5, 5.41) is 6.57. The van der Waals surface area contributed by atoms with Crippen LogP contribution in [-0.4, -0.2) is 92.5 Å². The molecular weight excluding hydrogens is 592 g/mol. The number of anilines is 4. The van der Waals surface area contributed by atoms with E-state index in [0.717, 1.165) is 40.7 Å². The van der Waals surface area contributed by atoms with E-state index in [9.17, 15) is 13.2 Å². The third-order valence-electron chi connectivity index (χ3n) is 8.50. The molecule has 0 spiro atoms. The van der Waals surface area contributed by atoms with E-state index >= 15 is 0 Å². The minimum atomic E-state index is -4.06. The number of carbonyl (C=O) groups excluding carboxylic acids is 1. The van der Waals surface area contributed by atoms with Crippen molar-refractivity contribution in [1.29, 1.82) is 0 Å². The van der Waals surface area contributed by atoms with Crippen LogP contribution in [0.25, 0.3) is 22.2 Å². The Kier molecular flexibility index (Phi) is 7.06. The predicted octanol–water partition coefficient (Wildman–Crippen LogP) is 3.76. The third-order valence-corrected chi connectivity index (χ3v) is 10.3. The quantitative estimate of drug-likeness (QED) is 0.265. The van der Waals surface area contributed by atoms with Crippen LogP contribution in [0.3, 0.4) is 0 Å². The highest BCUT2D eigenvalue weighted by Gasteiger charge is 2.39. The summed E-state index contributed by atoms with van der Waals surface area (Å²) in [5.41, 5.74) is 2.47. The number of nitrogens with one attached hydrogen (secondary N) is 2. The molecule has 0 unspecified atom stereocenters. The highest BCUT2D eigenvalue weighted by atomic mass is 32.2. The first kappa shape index (κ1) is 26.9. The van der Waals surface area contributed by atoms with Gasteiger partial charge >= 0.3 is 0 Å². The first-order valence-corrected chi connectivity index (χ1v) is 15.9. The molecule has 13 heteroatoms. The number of methoxy groups -OCH3 is 1. The van der Waals surface area contributed by atoms with Gasteiger partial charge in [-0.15, -0.1) is 0 Å². The SMILES string of the molecule is [2H]C([2H])([2H])n1cc(-c2nc(Nc3cc(NC(=O)C=C)c(N4C[C@H]5CN(C)C[C@H]5C4)cc3OC)ncc2S(=O)(=O)N(C)C)c2ccccc21. The van der Waals surface area contributed by atoms with Gasteiger partial charge in [-0.2, -0.15) is 0 Å². The molecule has 2 aliphatic heterocycles. The Balaban J connectivity index is 1.46. The van der Waals surface area contributed by atoms with Gasteiger partial charge in [0.25, 0.3) is 0 Å². The number of amides is 1. The first-order valence-electron chi connectivity index (χ1n) is 16.0. The smallest absolute Gasteiger partial charge is 0.247 e. The Morgan fingerprint density at radius 2 is 1.89 bits per heavy atom. The Bertz CT molecular complexity index is 2000. The normalized spacial score (nSPS) is 19.7. The molecule has 236 valence electrons. The third kappa shape index (κ3) is 5.62. The zero-order valence-corrected chi connectivity index (χ0v) is 26.4. The zero-order chi connectivity index (χ0) is 34.5. The Hall–Kier alpha value is -4.46.